The summed E-state index contributed by atoms with van der Waals surface area (Å²) in [7, 11) is 0. The molecule has 1 aliphatic rings. The highest BCUT2D eigenvalue weighted by Gasteiger charge is 2.33. The number of cyclic esters (lactones) is 1. The van der Waals surface area contributed by atoms with E-state index in [1.165, 1.54) is 12.1 Å². The predicted octanol–water partition coefficient (Wildman–Crippen LogP) is 5.82. The SMILES string of the molecule is CCCc1cc(Oc2ccc(C(F)(F)F)c3ccccc23)ccc1CC1OC(=O)NCC1=O. The summed E-state index contributed by atoms with van der Waals surface area (Å²) in [6.07, 6.45) is -4.15. The van der Waals surface area contributed by atoms with Crippen LogP contribution in [0.3, 0.4) is 0 Å². The van der Waals surface area contributed by atoms with Crippen LogP contribution in [0.1, 0.15) is 30.0 Å². The second-order valence-corrected chi connectivity index (χ2v) is 7.86. The van der Waals surface area contributed by atoms with Gasteiger partial charge < -0.3 is 14.8 Å². The summed E-state index contributed by atoms with van der Waals surface area (Å²) in [6, 6.07) is 13.9. The molecule has 0 bridgehead atoms. The van der Waals surface area contributed by atoms with Gasteiger partial charge in [0.05, 0.1) is 12.1 Å². The Balaban J connectivity index is 1.64. The van der Waals surface area contributed by atoms with Crippen molar-refractivity contribution in [3.05, 3.63) is 71.3 Å². The van der Waals surface area contributed by atoms with Crippen LogP contribution in [-0.2, 0) is 28.5 Å². The summed E-state index contributed by atoms with van der Waals surface area (Å²) in [6.45, 7) is 1.95. The minimum Gasteiger partial charge on any atom is -0.457 e. The third-order valence-electron chi connectivity index (χ3n) is 5.54. The van der Waals surface area contributed by atoms with E-state index in [4.69, 9.17) is 9.47 Å². The van der Waals surface area contributed by atoms with Crippen molar-refractivity contribution in [1.29, 1.82) is 0 Å². The molecule has 1 saturated heterocycles. The molecule has 1 heterocycles. The van der Waals surface area contributed by atoms with Crippen molar-refractivity contribution in [3.8, 4) is 11.5 Å². The number of alkyl halides is 3. The molecule has 0 saturated carbocycles. The summed E-state index contributed by atoms with van der Waals surface area (Å²) in [5.74, 6) is 0.589. The first-order chi connectivity index (χ1) is 15.8. The standard InChI is InChI=1S/C25H22F3NO4/c1-2-5-15-12-17(9-8-16(15)13-23-21(30)14-29-24(31)33-23)32-22-11-10-20(25(26,27)28)18-6-3-4-7-19(18)22/h3-4,6-12,23H,2,5,13-14H2,1H3,(H,29,31). The van der Waals surface area contributed by atoms with Gasteiger partial charge in [0.15, 0.2) is 11.9 Å². The summed E-state index contributed by atoms with van der Waals surface area (Å²) in [5, 5.41) is 2.78. The quantitative estimate of drug-likeness (QED) is 0.506. The van der Waals surface area contributed by atoms with Gasteiger partial charge in [-0.1, -0.05) is 43.7 Å². The van der Waals surface area contributed by atoms with Crippen LogP contribution in [0, 0.1) is 0 Å². The highest BCUT2D eigenvalue weighted by Crippen LogP contribution is 2.39. The normalized spacial score (nSPS) is 16.4. The minimum absolute atomic E-state index is 0.0607. The summed E-state index contributed by atoms with van der Waals surface area (Å²) >= 11 is 0. The number of Topliss-reactive ketones (excluding diaryl/α,β-unsaturated/α-hetero) is 1. The van der Waals surface area contributed by atoms with Crippen LogP contribution in [-0.4, -0.2) is 24.5 Å². The maximum atomic E-state index is 13.4. The third kappa shape index (κ3) is 4.94. The molecule has 1 amide bonds. The molecule has 3 aromatic carbocycles. The lowest BCUT2D eigenvalue weighted by molar-refractivity contribution is -0.136. The second kappa shape index (κ2) is 9.13. The summed E-state index contributed by atoms with van der Waals surface area (Å²) in [5.41, 5.74) is 1.07. The smallest absolute Gasteiger partial charge is 0.417 e. The van der Waals surface area contributed by atoms with E-state index in [0.717, 1.165) is 23.6 Å². The van der Waals surface area contributed by atoms with E-state index in [0.29, 0.717) is 23.3 Å². The zero-order valence-electron chi connectivity index (χ0n) is 17.9. The zero-order valence-corrected chi connectivity index (χ0v) is 17.9. The number of hydrogen-bond donors (Lipinski definition) is 1. The van der Waals surface area contributed by atoms with Gasteiger partial charge >= 0.3 is 12.3 Å². The Bertz CT molecular complexity index is 1210. The highest BCUT2D eigenvalue weighted by molar-refractivity contribution is 5.92. The second-order valence-electron chi connectivity index (χ2n) is 7.86. The third-order valence-corrected chi connectivity index (χ3v) is 5.54. The molecule has 1 atom stereocenters. The Morgan fingerprint density at radius 3 is 2.52 bits per heavy atom. The van der Waals surface area contributed by atoms with Crippen molar-refractivity contribution in [2.45, 2.75) is 38.5 Å². The van der Waals surface area contributed by atoms with Gasteiger partial charge in [-0.15, -0.1) is 0 Å². The topological polar surface area (TPSA) is 64.6 Å². The van der Waals surface area contributed by atoms with Crippen molar-refractivity contribution in [1.82, 2.24) is 5.32 Å². The van der Waals surface area contributed by atoms with E-state index in [-0.39, 0.29) is 24.1 Å². The van der Waals surface area contributed by atoms with Crippen molar-refractivity contribution in [2.75, 3.05) is 6.54 Å². The van der Waals surface area contributed by atoms with Crippen LogP contribution in [0.4, 0.5) is 18.0 Å². The number of nitrogens with one attached hydrogen (secondary N) is 1. The molecule has 1 aliphatic heterocycles. The van der Waals surface area contributed by atoms with Gasteiger partial charge in [-0.25, -0.2) is 4.79 Å². The molecule has 33 heavy (non-hydrogen) atoms. The number of carbonyl (C=O) groups excluding carboxylic acids is 2. The number of aryl methyl sites for hydroxylation is 1. The number of ketones is 1. The minimum atomic E-state index is -4.47. The van der Waals surface area contributed by atoms with E-state index in [1.807, 2.05) is 13.0 Å². The molecule has 1 unspecified atom stereocenters. The molecule has 0 aliphatic carbocycles. The monoisotopic (exact) mass is 457 g/mol. The lowest BCUT2D eigenvalue weighted by Crippen LogP contribution is -2.46. The van der Waals surface area contributed by atoms with Crippen LogP contribution in [0.15, 0.2) is 54.6 Å². The van der Waals surface area contributed by atoms with Crippen molar-refractivity contribution in [2.24, 2.45) is 0 Å². The van der Waals surface area contributed by atoms with Crippen LogP contribution in [0.2, 0.25) is 0 Å². The Morgan fingerprint density at radius 1 is 1.03 bits per heavy atom. The van der Waals surface area contributed by atoms with Crippen molar-refractivity contribution >= 4 is 22.6 Å². The number of halogens is 3. The Kier molecular flexibility index (Phi) is 6.26. The number of alkyl carbamates (subject to hydrolysis) is 1. The van der Waals surface area contributed by atoms with E-state index in [1.54, 1.807) is 30.3 Å². The average Bonchev–Trinajstić information content (AvgIpc) is 2.77. The lowest BCUT2D eigenvalue weighted by atomic mass is 9.96. The maximum absolute atomic E-state index is 13.4. The molecular formula is C25H22F3NO4. The van der Waals surface area contributed by atoms with Crippen molar-refractivity contribution in [3.63, 3.8) is 0 Å². The van der Waals surface area contributed by atoms with Crippen LogP contribution >= 0.6 is 0 Å². The fraction of sp³-hybridized carbons (Fsp3) is 0.280. The molecule has 1 N–H and O–H groups in total. The van der Waals surface area contributed by atoms with Gasteiger partial charge in [-0.2, -0.15) is 13.2 Å². The lowest BCUT2D eigenvalue weighted by Gasteiger charge is -2.23. The first-order valence-corrected chi connectivity index (χ1v) is 10.6. The molecule has 172 valence electrons. The van der Waals surface area contributed by atoms with Gasteiger partial charge in [0.2, 0.25) is 0 Å². The van der Waals surface area contributed by atoms with E-state index < -0.39 is 23.9 Å². The Hall–Kier alpha value is -3.55. The first-order valence-electron chi connectivity index (χ1n) is 10.6. The average molecular weight is 457 g/mol. The molecule has 0 radical (unpaired) electrons. The van der Waals surface area contributed by atoms with Crippen LogP contribution in [0.25, 0.3) is 10.8 Å². The number of amides is 1. The van der Waals surface area contributed by atoms with Crippen LogP contribution < -0.4 is 10.1 Å². The summed E-state index contributed by atoms with van der Waals surface area (Å²) < 4.78 is 51.3. The zero-order chi connectivity index (χ0) is 23.6. The predicted molar refractivity (Wildman–Crippen MR) is 116 cm³/mol. The first kappa shape index (κ1) is 22.6. The molecular weight excluding hydrogens is 435 g/mol. The molecule has 8 heteroatoms. The number of rotatable bonds is 6. The van der Waals surface area contributed by atoms with E-state index in [2.05, 4.69) is 5.32 Å². The molecule has 3 aromatic rings. The number of benzene rings is 3. The van der Waals surface area contributed by atoms with Gasteiger partial charge in [0.1, 0.15) is 11.5 Å². The highest BCUT2D eigenvalue weighted by atomic mass is 19.4. The fourth-order valence-electron chi connectivity index (χ4n) is 3.97. The molecule has 0 spiro atoms. The summed E-state index contributed by atoms with van der Waals surface area (Å²) in [4.78, 5) is 23.6. The van der Waals surface area contributed by atoms with E-state index in [9.17, 15) is 22.8 Å². The molecule has 4 rings (SSSR count). The number of ether oxygens (including phenoxy) is 2. The molecule has 1 fully saturated rings. The van der Waals surface area contributed by atoms with Gasteiger partial charge in [-0.05, 0) is 47.2 Å². The maximum Gasteiger partial charge on any atom is 0.417 e. The largest absolute Gasteiger partial charge is 0.457 e. The van der Waals surface area contributed by atoms with Crippen molar-refractivity contribution < 1.29 is 32.2 Å². The van der Waals surface area contributed by atoms with Crippen LogP contribution in [0.5, 0.6) is 11.5 Å². The van der Waals surface area contributed by atoms with Gasteiger partial charge in [-0.3, -0.25) is 4.79 Å². The van der Waals surface area contributed by atoms with Gasteiger partial charge in [0, 0.05) is 11.8 Å². The number of hydrogen-bond acceptors (Lipinski definition) is 4. The molecule has 0 aromatic heterocycles. The van der Waals surface area contributed by atoms with Gasteiger partial charge in [0.25, 0.3) is 0 Å². The Labute approximate surface area is 188 Å². The number of carbonyl (C=O) groups is 2. The van der Waals surface area contributed by atoms with E-state index >= 15 is 0 Å². The fourth-order valence-corrected chi connectivity index (χ4v) is 3.97. The Morgan fingerprint density at radius 2 is 1.79 bits per heavy atom. The molecule has 5 nitrogen and oxygen atoms in total. The number of fused-ring (bicyclic) bond motifs is 1.